The maximum atomic E-state index is 12.5. The van der Waals surface area contributed by atoms with E-state index in [0.717, 1.165) is 12.8 Å². The average molecular weight is 479 g/mol. The molecule has 1 fully saturated rings. The van der Waals surface area contributed by atoms with Crippen LogP contribution in [-0.4, -0.2) is 51.6 Å². The van der Waals surface area contributed by atoms with Gasteiger partial charge in [-0.1, -0.05) is 6.07 Å². The summed E-state index contributed by atoms with van der Waals surface area (Å²) >= 11 is 3.38. The minimum Gasteiger partial charge on any atom is -0.490 e. The van der Waals surface area contributed by atoms with Crippen molar-refractivity contribution in [2.24, 2.45) is 0 Å². The van der Waals surface area contributed by atoms with Crippen molar-refractivity contribution in [3.63, 3.8) is 0 Å². The van der Waals surface area contributed by atoms with Crippen LogP contribution < -0.4 is 9.47 Å². The van der Waals surface area contributed by atoms with Crippen LogP contribution in [0.3, 0.4) is 0 Å². The second-order valence-electron chi connectivity index (χ2n) is 6.64. The van der Waals surface area contributed by atoms with Gasteiger partial charge in [0.1, 0.15) is 24.7 Å². The van der Waals surface area contributed by atoms with Crippen LogP contribution in [0.1, 0.15) is 33.6 Å². The lowest BCUT2D eigenvalue weighted by molar-refractivity contribution is 0.0161. The number of esters is 2. The van der Waals surface area contributed by atoms with Crippen LogP contribution in [0, 0.1) is 0 Å². The van der Waals surface area contributed by atoms with Crippen LogP contribution in [0.5, 0.6) is 11.5 Å². The number of hydrogen-bond acceptors (Lipinski definition) is 7. The van der Waals surface area contributed by atoms with Crippen molar-refractivity contribution >= 4 is 27.9 Å². The van der Waals surface area contributed by atoms with E-state index in [1.54, 1.807) is 43.5 Å². The molecule has 3 rings (SSSR count). The monoisotopic (exact) mass is 478 g/mol. The number of carbonyl (C=O) groups is 2. The Labute approximate surface area is 183 Å². The smallest absolute Gasteiger partial charge is 0.343 e. The zero-order chi connectivity index (χ0) is 21.3. The molecule has 1 saturated heterocycles. The number of carbonyl (C=O) groups excluding carboxylic acids is 2. The molecule has 0 spiro atoms. The van der Waals surface area contributed by atoms with Gasteiger partial charge in [-0.3, -0.25) is 0 Å². The second-order valence-corrected chi connectivity index (χ2v) is 7.49. The van der Waals surface area contributed by atoms with Gasteiger partial charge in [0.05, 0.1) is 28.3 Å². The van der Waals surface area contributed by atoms with Crippen molar-refractivity contribution in [3.05, 3.63) is 58.1 Å². The predicted molar refractivity (Wildman–Crippen MR) is 112 cm³/mol. The fourth-order valence-corrected chi connectivity index (χ4v) is 3.35. The molecule has 1 aliphatic heterocycles. The molecular weight excluding hydrogens is 456 g/mol. The Hall–Kier alpha value is -2.42. The number of ether oxygens (including phenoxy) is 5. The highest BCUT2D eigenvalue weighted by Gasteiger charge is 2.19. The lowest BCUT2D eigenvalue weighted by Gasteiger charge is -2.11. The first-order valence-corrected chi connectivity index (χ1v) is 10.4. The molecule has 1 aliphatic rings. The minimum atomic E-state index is -0.552. The average Bonchev–Trinajstić information content (AvgIpc) is 3.27. The van der Waals surface area contributed by atoms with Gasteiger partial charge >= 0.3 is 11.9 Å². The summed E-state index contributed by atoms with van der Waals surface area (Å²) in [5, 5.41) is 0. The van der Waals surface area contributed by atoms with Gasteiger partial charge in [0, 0.05) is 13.7 Å². The lowest BCUT2D eigenvalue weighted by atomic mass is 10.2. The summed E-state index contributed by atoms with van der Waals surface area (Å²) in [4.78, 5) is 24.7. The summed E-state index contributed by atoms with van der Waals surface area (Å²) in [5.74, 6) is -0.185. The third-order valence-corrected chi connectivity index (χ3v) is 5.04. The standard InChI is InChI=1S/C22H23BrO7/c1-26-10-11-28-20-8-7-16(13-19(20)23)22(25)30-17-5-2-4-15(12-17)21(24)29-14-18-6-3-9-27-18/h2,4-5,7-8,12-13,18H,3,6,9-11,14H2,1H3. The first-order valence-electron chi connectivity index (χ1n) is 9.59. The summed E-state index contributed by atoms with van der Waals surface area (Å²) in [5.41, 5.74) is 0.647. The third kappa shape index (κ3) is 6.29. The van der Waals surface area contributed by atoms with Crippen LogP contribution in [0.2, 0.25) is 0 Å². The topological polar surface area (TPSA) is 80.3 Å². The molecule has 1 unspecified atom stereocenters. The molecule has 2 aromatic rings. The number of benzene rings is 2. The van der Waals surface area contributed by atoms with Crippen LogP contribution >= 0.6 is 15.9 Å². The Kier molecular flexibility index (Phi) is 8.24. The van der Waals surface area contributed by atoms with Gasteiger partial charge in [-0.25, -0.2) is 9.59 Å². The third-order valence-electron chi connectivity index (χ3n) is 4.42. The van der Waals surface area contributed by atoms with E-state index < -0.39 is 11.9 Å². The van der Waals surface area contributed by atoms with Crippen molar-refractivity contribution in [3.8, 4) is 11.5 Å². The van der Waals surface area contributed by atoms with E-state index in [4.69, 9.17) is 23.7 Å². The SMILES string of the molecule is COCCOc1ccc(C(=O)Oc2cccc(C(=O)OCC3CCCO3)c2)cc1Br. The second kappa shape index (κ2) is 11.1. The molecule has 160 valence electrons. The number of rotatable bonds is 9. The Bertz CT molecular complexity index is 878. The normalized spacial score (nSPS) is 15.6. The Morgan fingerprint density at radius 2 is 1.93 bits per heavy atom. The molecule has 7 nitrogen and oxygen atoms in total. The molecule has 0 aliphatic carbocycles. The molecule has 1 heterocycles. The zero-order valence-corrected chi connectivity index (χ0v) is 18.2. The number of methoxy groups -OCH3 is 1. The molecular formula is C22H23BrO7. The maximum absolute atomic E-state index is 12.5. The summed E-state index contributed by atoms with van der Waals surface area (Å²) in [6, 6.07) is 11.2. The van der Waals surface area contributed by atoms with E-state index in [0.29, 0.717) is 41.2 Å². The van der Waals surface area contributed by atoms with E-state index in [1.807, 2.05) is 0 Å². The minimum absolute atomic E-state index is 0.0464. The maximum Gasteiger partial charge on any atom is 0.343 e. The highest BCUT2D eigenvalue weighted by Crippen LogP contribution is 2.27. The molecule has 0 N–H and O–H groups in total. The fourth-order valence-electron chi connectivity index (χ4n) is 2.86. The fraction of sp³-hybridized carbons (Fsp3) is 0.364. The predicted octanol–water partition coefficient (Wildman–Crippen LogP) is 4.03. The molecule has 0 radical (unpaired) electrons. The van der Waals surface area contributed by atoms with Gasteiger partial charge < -0.3 is 23.7 Å². The molecule has 8 heteroatoms. The summed E-state index contributed by atoms with van der Waals surface area (Å²) in [6.07, 6.45) is 1.82. The molecule has 30 heavy (non-hydrogen) atoms. The largest absolute Gasteiger partial charge is 0.490 e. The molecule has 0 amide bonds. The van der Waals surface area contributed by atoms with Crippen molar-refractivity contribution in [2.75, 3.05) is 33.5 Å². The van der Waals surface area contributed by atoms with Gasteiger partial charge in [-0.15, -0.1) is 0 Å². The van der Waals surface area contributed by atoms with Crippen molar-refractivity contribution in [1.29, 1.82) is 0 Å². The lowest BCUT2D eigenvalue weighted by Crippen LogP contribution is -2.18. The first kappa shape index (κ1) is 22.3. The number of halogens is 1. The van der Waals surface area contributed by atoms with E-state index in [-0.39, 0.29) is 18.5 Å². The first-order chi connectivity index (χ1) is 14.6. The Morgan fingerprint density at radius 3 is 2.67 bits per heavy atom. The molecule has 0 aromatic heterocycles. The van der Waals surface area contributed by atoms with E-state index in [9.17, 15) is 9.59 Å². The zero-order valence-electron chi connectivity index (χ0n) is 16.6. The Morgan fingerprint density at radius 1 is 1.10 bits per heavy atom. The van der Waals surface area contributed by atoms with Crippen molar-refractivity contribution in [2.45, 2.75) is 18.9 Å². The van der Waals surface area contributed by atoms with Crippen LogP contribution in [0.4, 0.5) is 0 Å². The van der Waals surface area contributed by atoms with E-state index in [2.05, 4.69) is 15.9 Å². The van der Waals surface area contributed by atoms with Gasteiger partial charge in [-0.05, 0) is 65.2 Å². The van der Waals surface area contributed by atoms with Gasteiger partial charge in [-0.2, -0.15) is 0 Å². The molecule has 0 bridgehead atoms. The molecule has 0 saturated carbocycles. The van der Waals surface area contributed by atoms with Crippen LogP contribution in [-0.2, 0) is 14.2 Å². The summed E-state index contributed by atoms with van der Waals surface area (Å²) in [6.45, 7) is 1.77. The summed E-state index contributed by atoms with van der Waals surface area (Å²) < 4.78 is 27.3. The van der Waals surface area contributed by atoms with Crippen molar-refractivity contribution < 1.29 is 33.3 Å². The van der Waals surface area contributed by atoms with Crippen molar-refractivity contribution in [1.82, 2.24) is 0 Å². The highest BCUT2D eigenvalue weighted by atomic mass is 79.9. The Balaban J connectivity index is 1.59. The van der Waals surface area contributed by atoms with Crippen LogP contribution in [0.25, 0.3) is 0 Å². The van der Waals surface area contributed by atoms with Crippen LogP contribution in [0.15, 0.2) is 46.9 Å². The number of hydrogen-bond donors (Lipinski definition) is 0. The molecule has 1 atom stereocenters. The molecule has 2 aromatic carbocycles. The van der Waals surface area contributed by atoms with E-state index in [1.165, 1.54) is 6.07 Å². The quantitative estimate of drug-likeness (QED) is 0.305. The summed E-state index contributed by atoms with van der Waals surface area (Å²) in [7, 11) is 1.59. The van der Waals surface area contributed by atoms with E-state index >= 15 is 0 Å². The highest BCUT2D eigenvalue weighted by molar-refractivity contribution is 9.10. The van der Waals surface area contributed by atoms with Gasteiger partial charge in [0.2, 0.25) is 0 Å². The van der Waals surface area contributed by atoms with Gasteiger partial charge in [0.25, 0.3) is 0 Å². The van der Waals surface area contributed by atoms with Gasteiger partial charge in [0.15, 0.2) is 0 Å².